The zero-order valence-corrected chi connectivity index (χ0v) is 54.0. The first-order valence-corrected chi connectivity index (χ1v) is 34.9. The van der Waals surface area contributed by atoms with Crippen molar-refractivity contribution < 1.29 is 28.6 Å². The van der Waals surface area contributed by atoms with Crippen LogP contribution in [0.1, 0.15) is 335 Å². The van der Waals surface area contributed by atoms with Crippen molar-refractivity contribution in [3.63, 3.8) is 0 Å². The molecule has 6 heteroatoms. The summed E-state index contributed by atoms with van der Waals surface area (Å²) < 4.78 is 16.9. The smallest absolute Gasteiger partial charge is 0.306 e. The monoisotopic (exact) mass is 1140 g/mol. The molecule has 0 aliphatic rings. The van der Waals surface area contributed by atoms with Gasteiger partial charge in [0.2, 0.25) is 0 Å². The van der Waals surface area contributed by atoms with Crippen molar-refractivity contribution in [1.82, 2.24) is 0 Å². The van der Waals surface area contributed by atoms with Crippen molar-refractivity contribution in [2.45, 2.75) is 341 Å². The molecule has 6 nitrogen and oxygen atoms in total. The number of ether oxygens (including phenoxy) is 3. The van der Waals surface area contributed by atoms with Crippen molar-refractivity contribution in [2.75, 3.05) is 13.2 Å². The Bertz CT molecular complexity index is 1640. The Labute approximate surface area is 508 Å². The zero-order chi connectivity index (χ0) is 59.2. The Kier molecular flexibility index (Phi) is 66.2. The topological polar surface area (TPSA) is 78.9 Å². The highest BCUT2D eigenvalue weighted by atomic mass is 16.6. The van der Waals surface area contributed by atoms with Crippen LogP contribution < -0.4 is 0 Å². The van der Waals surface area contributed by atoms with Crippen LogP contribution in [-0.4, -0.2) is 37.2 Å². The lowest BCUT2D eigenvalue weighted by atomic mass is 10.0. The van der Waals surface area contributed by atoms with Crippen LogP contribution >= 0.6 is 0 Å². The van der Waals surface area contributed by atoms with Gasteiger partial charge in [-0.05, 0) is 103 Å². The third-order valence-corrected chi connectivity index (χ3v) is 15.0. The van der Waals surface area contributed by atoms with E-state index in [4.69, 9.17) is 14.2 Å². The fourth-order valence-electron chi connectivity index (χ4n) is 9.88. The maximum Gasteiger partial charge on any atom is 0.306 e. The van der Waals surface area contributed by atoms with Gasteiger partial charge in [-0.25, -0.2) is 0 Å². The van der Waals surface area contributed by atoms with Crippen LogP contribution in [0.15, 0.2) is 109 Å². The molecular formula is C76H130O6. The summed E-state index contributed by atoms with van der Waals surface area (Å²) in [5, 5.41) is 0. The Hall–Kier alpha value is -3.93. The minimum atomic E-state index is -0.778. The highest BCUT2D eigenvalue weighted by Gasteiger charge is 2.19. The van der Waals surface area contributed by atoms with E-state index in [0.717, 1.165) is 116 Å². The quantitative estimate of drug-likeness (QED) is 0.0261. The number of esters is 3. The maximum absolute atomic E-state index is 12.9. The predicted octanol–water partition coefficient (Wildman–Crippen LogP) is 24.2. The predicted molar refractivity (Wildman–Crippen MR) is 357 cm³/mol. The van der Waals surface area contributed by atoms with Gasteiger partial charge in [0, 0.05) is 19.3 Å². The molecule has 1 atom stereocenters. The summed E-state index contributed by atoms with van der Waals surface area (Å²) in [5.74, 6) is -0.870. The molecule has 0 radical (unpaired) electrons. The van der Waals surface area contributed by atoms with Crippen molar-refractivity contribution in [1.29, 1.82) is 0 Å². The molecule has 0 amide bonds. The van der Waals surface area contributed by atoms with E-state index >= 15 is 0 Å². The number of rotatable bonds is 63. The van der Waals surface area contributed by atoms with Crippen molar-refractivity contribution in [3.05, 3.63) is 109 Å². The second-order valence-corrected chi connectivity index (χ2v) is 23.0. The summed E-state index contributed by atoms with van der Waals surface area (Å²) in [6.07, 6.45) is 95.6. The minimum absolute atomic E-state index is 0.0756. The molecule has 0 heterocycles. The second-order valence-electron chi connectivity index (χ2n) is 23.0. The highest BCUT2D eigenvalue weighted by Crippen LogP contribution is 2.17. The molecule has 470 valence electrons. The first-order chi connectivity index (χ1) is 40.5. The SMILES string of the molecule is CC/C=C\C/C=C\C/C=C\C/C=C\C/C=C\CCCCCCCCCCCCCC(=O)OC(COC(=O)CCCCCCCCCC)COC(=O)CCCCCCCCCCCCCCCCCC/C=C\C/C=C\C/C=C\C/C=C\CC. The Balaban J connectivity index is 4.12. The molecule has 0 fully saturated rings. The first kappa shape index (κ1) is 78.1. The number of carbonyl (C=O) groups excluding carboxylic acids is 3. The average Bonchev–Trinajstić information content (AvgIpc) is 3.48. The minimum Gasteiger partial charge on any atom is -0.462 e. The molecule has 0 aromatic rings. The van der Waals surface area contributed by atoms with E-state index in [1.54, 1.807) is 0 Å². The molecule has 0 aliphatic heterocycles. The van der Waals surface area contributed by atoms with Gasteiger partial charge in [-0.2, -0.15) is 0 Å². The molecule has 0 bridgehead atoms. The average molecular weight is 1140 g/mol. The van der Waals surface area contributed by atoms with E-state index in [2.05, 4.69) is 130 Å². The van der Waals surface area contributed by atoms with Crippen LogP contribution in [0.25, 0.3) is 0 Å². The van der Waals surface area contributed by atoms with Gasteiger partial charge in [0.05, 0.1) is 0 Å². The Morgan fingerprint density at radius 1 is 0.256 bits per heavy atom. The van der Waals surface area contributed by atoms with E-state index in [1.807, 2.05) is 0 Å². The molecule has 0 aromatic heterocycles. The summed E-state index contributed by atoms with van der Waals surface area (Å²) in [4.78, 5) is 38.3. The molecule has 0 saturated heterocycles. The van der Waals surface area contributed by atoms with Gasteiger partial charge < -0.3 is 14.2 Å². The Morgan fingerprint density at radius 2 is 0.476 bits per heavy atom. The van der Waals surface area contributed by atoms with Crippen LogP contribution in [0.5, 0.6) is 0 Å². The normalized spacial score (nSPS) is 12.8. The third kappa shape index (κ3) is 66.9. The maximum atomic E-state index is 12.9. The number of carbonyl (C=O) groups is 3. The van der Waals surface area contributed by atoms with E-state index in [0.29, 0.717) is 19.3 Å². The second kappa shape index (κ2) is 69.6. The molecule has 0 spiro atoms. The van der Waals surface area contributed by atoms with Gasteiger partial charge in [-0.15, -0.1) is 0 Å². The molecule has 82 heavy (non-hydrogen) atoms. The van der Waals surface area contributed by atoms with Gasteiger partial charge in [-0.3, -0.25) is 14.4 Å². The van der Waals surface area contributed by atoms with E-state index in [9.17, 15) is 14.4 Å². The molecule has 0 N–H and O–H groups in total. The van der Waals surface area contributed by atoms with Gasteiger partial charge in [0.25, 0.3) is 0 Å². The fourth-order valence-corrected chi connectivity index (χ4v) is 9.88. The van der Waals surface area contributed by atoms with E-state index in [-0.39, 0.29) is 31.1 Å². The molecule has 0 aromatic carbocycles. The van der Waals surface area contributed by atoms with Gasteiger partial charge in [-0.1, -0.05) is 323 Å². The number of hydrogen-bond acceptors (Lipinski definition) is 6. The summed E-state index contributed by atoms with van der Waals surface area (Å²) in [7, 11) is 0. The summed E-state index contributed by atoms with van der Waals surface area (Å²) >= 11 is 0. The lowest BCUT2D eigenvalue weighted by Crippen LogP contribution is -2.30. The molecule has 1 unspecified atom stereocenters. The highest BCUT2D eigenvalue weighted by molar-refractivity contribution is 5.71. The summed E-state index contributed by atoms with van der Waals surface area (Å²) in [5.41, 5.74) is 0. The first-order valence-electron chi connectivity index (χ1n) is 34.9. The number of unbranched alkanes of at least 4 members (excludes halogenated alkanes) is 34. The largest absolute Gasteiger partial charge is 0.462 e. The van der Waals surface area contributed by atoms with Crippen LogP contribution in [-0.2, 0) is 28.6 Å². The van der Waals surface area contributed by atoms with Crippen molar-refractivity contribution in [2.24, 2.45) is 0 Å². The molecule has 0 rings (SSSR count). The third-order valence-electron chi connectivity index (χ3n) is 15.0. The van der Waals surface area contributed by atoms with E-state index < -0.39 is 6.10 Å². The van der Waals surface area contributed by atoms with Crippen LogP contribution in [0.2, 0.25) is 0 Å². The Morgan fingerprint density at radius 3 is 0.744 bits per heavy atom. The fraction of sp³-hybridized carbons (Fsp3) is 0.724. The lowest BCUT2D eigenvalue weighted by Gasteiger charge is -2.18. The van der Waals surface area contributed by atoms with Gasteiger partial charge in [0.1, 0.15) is 13.2 Å². The summed E-state index contributed by atoms with van der Waals surface area (Å²) in [6, 6.07) is 0. The van der Waals surface area contributed by atoms with Crippen LogP contribution in [0.3, 0.4) is 0 Å². The lowest BCUT2D eigenvalue weighted by molar-refractivity contribution is -0.167. The zero-order valence-electron chi connectivity index (χ0n) is 54.0. The van der Waals surface area contributed by atoms with Crippen LogP contribution in [0.4, 0.5) is 0 Å². The van der Waals surface area contributed by atoms with Gasteiger partial charge in [0.15, 0.2) is 6.10 Å². The van der Waals surface area contributed by atoms with E-state index in [1.165, 1.54) is 180 Å². The summed E-state index contributed by atoms with van der Waals surface area (Å²) in [6.45, 7) is 6.42. The van der Waals surface area contributed by atoms with Crippen molar-refractivity contribution in [3.8, 4) is 0 Å². The molecule has 0 saturated carbocycles. The van der Waals surface area contributed by atoms with Crippen LogP contribution in [0, 0.1) is 0 Å². The van der Waals surface area contributed by atoms with Crippen molar-refractivity contribution >= 4 is 17.9 Å². The molecular weight excluding hydrogens is 1010 g/mol. The standard InChI is InChI=1S/C76H130O6/c1-4-7-10-13-16-19-21-23-25-27-29-31-33-35-37-38-40-41-43-45-47-49-51-53-55-57-60-63-66-69-75(78)81-72-73(71-80-74(77)68-65-62-59-18-15-12-9-6-3)82-76(79)70-67-64-61-58-56-54-52-50-48-46-44-42-39-36-34-32-30-28-26-24-22-20-17-14-11-8-5-2/h7-8,10-11,16-17,19-20,23-26,29-32,36,39,73H,4-6,9,12-15,18,21-22,27-28,33-35,37-38,40-72H2,1-3H3/b10-7-,11-8-,19-16-,20-17-,25-23-,26-24-,31-29-,32-30-,39-36-. The molecule has 0 aliphatic carbocycles. The number of hydrogen-bond donors (Lipinski definition) is 0. The number of allylic oxidation sites excluding steroid dienone is 18. The van der Waals surface area contributed by atoms with Gasteiger partial charge >= 0.3 is 17.9 Å².